The molecule has 0 amide bonds. The second-order valence-corrected chi connectivity index (χ2v) is 7.54. The smallest absolute Gasteiger partial charge is 0.0345 e. The van der Waals surface area contributed by atoms with Crippen LogP contribution in [0.15, 0.2) is 29.6 Å². The van der Waals surface area contributed by atoms with Crippen molar-refractivity contribution in [3.8, 4) is 0 Å². The van der Waals surface area contributed by atoms with Crippen LogP contribution >= 0.6 is 11.3 Å². The molecule has 2 atom stereocenters. The predicted octanol–water partition coefficient (Wildman–Crippen LogP) is 4.08. The largest absolute Gasteiger partial charge is 0.319 e. The van der Waals surface area contributed by atoms with Gasteiger partial charge in [-0.3, -0.25) is 0 Å². The van der Waals surface area contributed by atoms with Gasteiger partial charge < -0.3 is 5.32 Å². The van der Waals surface area contributed by atoms with Crippen LogP contribution in [0.25, 0.3) is 10.1 Å². The Bertz CT molecular complexity index is 590. The fraction of sp³-hybridized carbons (Fsp3) is 0.529. The number of benzene rings is 1. The second kappa shape index (κ2) is 4.32. The SMILES string of the molecule is CNCC1(Cc2csc3ccccc23)CC2CC2C1. The van der Waals surface area contributed by atoms with Crippen LogP contribution < -0.4 is 5.32 Å². The first-order valence-electron chi connectivity index (χ1n) is 7.39. The third-order valence-electron chi connectivity index (χ3n) is 5.14. The van der Waals surface area contributed by atoms with E-state index in [1.165, 1.54) is 42.3 Å². The molecule has 0 bridgehead atoms. The Hall–Kier alpha value is -0.860. The lowest BCUT2D eigenvalue weighted by molar-refractivity contribution is 0.256. The minimum Gasteiger partial charge on any atom is -0.319 e. The quantitative estimate of drug-likeness (QED) is 0.883. The van der Waals surface area contributed by atoms with Crippen molar-refractivity contribution in [2.45, 2.75) is 25.7 Å². The molecule has 1 aromatic carbocycles. The molecular formula is C17H21NS. The molecule has 1 heterocycles. The van der Waals surface area contributed by atoms with Gasteiger partial charge in [-0.25, -0.2) is 0 Å². The van der Waals surface area contributed by atoms with Gasteiger partial charge in [0.25, 0.3) is 0 Å². The van der Waals surface area contributed by atoms with Crippen molar-refractivity contribution < 1.29 is 0 Å². The molecule has 0 aliphatic heterocycles. The standard InChI is InChI=1S/C17H21NS/c1-18-11-17(7-12-6-13(12)8-17)9-14-10-19-16-5-3-2-4-15(14)16/h2-5,10,12-13,18H,6-9,11H2,1H3. The van der Waals surface area contributed by atoms with Crippen LogP contribution in [0.1, 0.15) is 24.8 Å². The van der Waals surface area contributed by atoms with Crippen LogP contribution in [0.2, 0.25) is 0 Å². The maximum atomic E-state index is 3.46. The van der Waals surface area contributed by atoms with E-state index in [1.54, 1.807) is 5.56 Å². The van der Waals surface area contributed by atoms with Crippen molar-refractivity contribution in [1.29, 1.82) is 0 Å². The van der Waals surface area contributed by atoms with Gasteiger partial charge in [0.1, 0.15) is 0 Å². The summed E-state index contributed by atoms with van der Waals surface area (Å²) in [6, 6.07) is 8.87. The minimum atomic E-state index is 0.534. The first-order chi connectivity index (χ1) is 9.30. The van der Waals surface area contributed by atoms with Crippen molar-refractivity contribution in [3.63, 3.8) is 0 Å². The lowest BCUT2D eigenvalue weighted by Gasteiger charge is -2.30. The van der Waals surface area contributed by atoms with Crippen LogP contribution in [0.5, 0.6) is 0 Å². The van der Waals surface area contributed by atoms with Gasteiger partial charge in [0.05, 0.1) is 0 Å². The zero-order valence-electron chi connectivity index (χ0n) is 11.5. The molecule has 2 aliphatic carbocycles. The zero-order chi connectivity index (χ0) is 12.9. The van der Waals surface area contributed by atoms with E-state index in [9.17, 15) is 0 Å². The maximum absolute atomic E-state index is 3.46. The molecule has 1 N–H and O–H groups in total. The molecule has 2 fully saturated rings. The Kier molecular flexibility index (Phi) is 2.71. The topological polar surface area (TPSA) is 12.0 Å². The zero-order valence-corrected chi connectivity index (χ0v) is 12.3. The number of nitrogens with one attached hydrogen (secondary N) is 1. The summed E-state index contributed by atoms with van der Waals surface area (Å²) in [5.74, 6) is 2.11. The van der Waals surface area contributed by atoms with E-state index in [1.807, 2.05) is 11.3 Å². The third kappa shape index (κ3) is 2.02. The van der Waals surface area contributed by atoms with Gasteiger partial charge in [0.15, 0.2) is 0 Å². The van der Waals surface area contributed by atoms with Gasteiger partial charge >= 0.3 is 0 Å². The average Bonchev–Trinajstić information content (AvgIpc) is 2.85. The van der Waals surface area contributed by atoms with Crippen LogP contribution in [0, 0.1) is 17.3 Å². The summed E-state index contributed by atoms with van der Waals surface area (Å²) < 4.78 is 1.44. The van der Waals surface area contributed by atoms with Gasteiger partial charge in [0.2, 0.25) is 0 Å². The predicted molar refractivity (Wildman–Crippen MR) is 82.7 cm³/mol. The molecule has 2 aliphatic rings. The molecule has 0 spiro atoms. The van der Waals surface area contributed by atoms with Crippen molar-refractivity contribution >= 4 is 21.4 Å². The van der Waals surface area contributed by atoms with Crippen LogP contribution in [-0.2, 0) is 6.42 Å². The number of hydrogen-bond acceptors (Lipinski definition) is 2. The molecule has 2 heteroatoms. The van der Waals surface area contributed by atoms with Crippen LogP contribution in [0.3, 0.4) is 0 Å². The summed E-state index contributed by atoms with van der Waals surface area (Å²) in [5, 5.41) is 7.34. The van der Waals surface area contributed by atoms with E-state index in [4.69, 9.17) is 0 Å². The van der Waals surface area contributed by atoms with Crippen LogP contribution in [-0.4, -0.2) is 13.6 Å². The van der Waals surface area contributed by atoms with Gasteiger partial charge in [-0.15, -0.1) is 11.3 Å². The molecule has 4 rings (SSSR count). The average molecular weight is 271 g/mol. The summed E-state index contributed by atoms with van der Waals surface area (Å²) in [7, 11) is 2.11. The third-order valence-corrected chi connectivity index (χ3v) is 6.15. The molecule has 1 nitrogen and oxygen atoms in total. The number of hydrogen-bond donors (Lipinski definition) is 1. The number of thiophene rings is 1. The summed E-state index contributed by atoms with van der Waals surface area (Å²) in [6.07, 6.45) is 5.67. The summed E-state index contributed by atoms with van der Waals surface area (Å²) >= 11 is 1.91. The monoisotopic (exact) mass is 271 g/mol. The van der Waals surface area contributed by atoms with Gasteiger partial charge in [-0.1, -0.05) is 18.2 Å². The maximum Gasteiger partial charge on any atom is 0.0345 e. The first-order valence-corrected chi connectivity index (χ1v) is 8.27. The van der Waals surface area contributed by atoms with Crippen molar-refractivity contribution in [1.82, 2.24) is 5.32 Å². The molecule has 100 valence electrons. The Morgan fingerprint density at radius 2 is 2.05 bits per heavy atom. The molecule has 2 saturated carbocycles. The second-order valence-electron chi connectivity index (χ2n) is 6.63. The number of rotatable bonds is 4. The normalized spacial score (nSPS) is 32.7. The molecule has 19 heavy (non-hydrogen) atoms. The van der Waals surface area contributed by atoms with E-state index in [0.717, 1.165) is 11.8 Å². The number of fused-ring (bicyclic) bond motifs is 2. The molecule has 1 aromatic heterocycles. The van der Waals surface area contributed by atoms with Crippen molar-refractivity contribution in [3.05, 3.63) is 35.2 Å². The van der Waals surface area contributed by atoms with E-state index in [-0.39, 0.29) is 0 Å². The fourth-order valence-electron chi connectivity index (χ4n) is 4.31. The summed E-state index contributed by atoms with van der Waals surface area (Å²) in [6.45, 7) is 1.18. The highest BCUT2D eigenvalue weighted by atomic mass is 32.1. The van der Waals surface area contributed by atoms with Crippen molar-refractivity contribution in [2.24, 2.45) is 17.3 Å². The highest BCUT2D eigenvalue weighted by Gasteiger charge is 2.53. The lowest BCUT2D eigenvalue weighted by atomic mass is 9.77. The highest BCUT2D eigenvalue weighted by Crippen LogP contribution is 2.60. The molecular weight excluding hydrogens is 250 g/mol. The first kappa shape index (κ1) is 11.9. The fourth-order valence-corrected chi connectivity index (χ4v) is 5.27. The Morgan fingerprint density at radius 3 is 2.84 bits per heavy atom. The van der Waals surface area contributed by atoms with Crippen molar-refractivity contribution in [2.75, 3.05) is 13.6 Å². The Balaban J connectivity index is 1.65. The summed E-state index contributed by atoms with van der Waals surface area (Å²) in [4.78, 5) is 0. The molecule has 0 radical (unpaired) electrons. The summed E-state index contributed by atoms with van der Waals surface area (Å²) in [5.41, 5.74) is 2.11. The lowest BCUT2D eigenvalue weighted by Crippen LogP contribution is -2.33. The van der Waals surface area contributed by atoms with Gasteiger partial charge in [-0.2, -0.15) is 0 Å². The highest BCUT2D eigenvalue weighted by molar-refractivity contribution is 7.17. The van der Waals surface area contributed by atoms with E-state index in [0.29, 0.717) is 5.41 Å². The molecule has 2 aromatic rings. The van der Waals surface area contributed by atoms with Crippen LogP contribution in [0.4, 0.5) is 0 Å². The molecule has 0 saturated heterocycles. The minimum absolute atomic E-state index is 0.534. The Morgan fingerprint density at radius 1 is 1.26 bits per heavy atom. The molecule has 2 unspecified atom stereocenters. The van der Waals surface area contributed by atoms with E-state index >= 15 is 0 Å². The van der Waals surface area contributed by atoms with E-state index in [2.05, 4.69) is 42.0 Å². The van der Waals surface area contributed by atoms with E-state index < -0.39 is 0 Å². The van der Waals surface area contributed by atoms with Gasteiger partial charge in [-0.05, 0) is 72.4 Å². The van der Waals surface area contributed by atoms with Gasteiger partial charge in [0, 0.05) is 11.2 Å². The Labute approximate surface area is 119 Å².